The molecule has 2 bridgehead atoms. The fourth-order valence-electron chi connectivity index (χ4n) is 5.91. The summed E-state index contributed by atoms with van der Waals surface area (Å²) >= 11 is 0. The van der Waals surface area contributed by atoms with E-state index in [1.807, 2.05) is 60.7 Å². The average Bonchev–Trinajstić information content (AvgIpc) is 2.98. The van der Waals surface area contributed by atoms with Crippen molar-refractivity contribution >= 4 is 23.4 Å². The molecule has 0 aromatic heterocycles. The number of hydrogen-bond acceptors (Lipinski definition) is 6. The molecule has 0 amide bonds. The van der Waals surface area contributed by atoms with Crippen LogP contribution in [0.25, 0.3) is 0 Å². The third kappa shape index (κ3) is 6.20. The number of rotatable bonds is 10. The summed E-state index contributed by atoms with van der Waals surface area (Å²) in [7, 11) is 1.35. The molecule has 3 aliphatic rings. The quantitative estimate of drug-likeness (QED) is 0.234. The van der Waals surface area contributed by atoms with Crippen molar-refractivity contribution in [2.24, 2.45) is 5.92 Å². The van der Waals surface area contributed by atoms with E-state index < -0.39 is 11.9 Å². The van der Waals surface area contributed by atoms with Gasteiger partial charge in [-0.1, -0.05) is 60.7 Å². The first kappa shape index (κ1) is 26.6. The van der Waals surface area contributed by atoms with Crippen LogP contribution in [0, 0.1) is 5.92 Å². The van der Waals surface area contributed by atoms with Crippen LogP contribution in [0.4, 0.5) is 5.69 Å². The largest absolute Gasteiger partial charge is 0.465 e. The summed E-state index contributed by atoms with van der Waals surface area (Å²) in [5, 5.41) is 3.33. The van der Waals surface area contributed by atoms with Gasteiger partial charge in [-0.2, -0.15) is 0 Å². The van der Waals surface area contributed by atoms with E-state index in [0.717, 1.165) is 42.7 Å². The molecule has 1 N–H and O–H groups in total. The van der Waals surface area contributed by atoms with E-state index in [1.165, 1.54) is 7.11 Å². The number of methoxy groups -OCH3 is 1. The van der Waals surface area contributed by atoms with Crippen molar-refractivity contribution in [3.8, 4) is 0 Å². The highest BCUT2D eigenvalue weighted by Crippen LogP contribution is 2.36. The van der Waals surface area contributed by atoms with E-state index in [0.29, 0.717) is 35.6 Å². The number of nitrogens with one attached hydrogen (secondary N) is 1. The molecule has 0 spiro atoms. The first-order valence-corrected chi connectivity index (χ1v) is 13.6. The normalized spacial score (nSPS) is 22.5. The van der Waals surface area contributed by atoms with Gasteiger partial charge in [0.15, 0.2) is 6.10 Å². The van der Waals surface area contributed by atoms with Crippen molar-refractivity contribution in [3.63, 3.8) is 0 Å². The van der Waals surface area contributed by atoms with Gasteiger partial charge in [0, 0.05) is 36.6 Å². The SMILES string of the molecule is COC(=O)c1ccc(NCC(C(=O)O[C@H]2C[N+]3(CC(=O)c4ccccc4)CCC2CC3)c2ccccc2)cc1. The predicted octanol–water partition coefficient (Wildman–Crippen LogP) is 4.70. The van der Waals surface area contributed by atoms with Gasteiger partial charge in [0.25, 0.3) is 0 Å². The fraction of sp³-hybridized carbons (Fsp3) is 0.344. The number of esters is 2. The Labute approximate surface area is 229 Å². The minimum atomic E-state index is -0.499. The Hall–Kier alpha value is -3.97. The van der Waals surface area contributed by atoms with Gasteiger partial charge in [0.2, 0.25) is 5.78 Å². The van der Waals surface area contributed by atoms with Gasteiger partial charge in [0.1, 0.15) is 13.1 Å². The van der Waals surface area contributed by atoms with Crippen molar-refractivity contribution in [2.45, 2.75) is 24.9 Å². The molecule has 1 unspecified atom stereocenters. The second-order valence-corrected chi connectivity index (χ2v) is 10.6. The summed E-state index contributed by atoms with van der Waals surface area (Å²) < 4.78 is 11.7. The van der Waals surface area contributed by atoms with Gasteiger partial charge < -0.3 is 19.3 Å². The molecule has 0 saturated carbocycles. The minimum Gasteiger partial charge on any atom is -0.465 e. The lowest BCUT2D eigenvalue weighted by Gasteiger charge is -2.51. The Morgan fingerprint density at radius 3 is 2.15 bits per heavy atom. The number of ketones is 1. The number of anilines is 1. The Bertz CT molecular complexity index is 1290. The summed E-state index contributed by atoms with van der Waals surface area (Å²) in [6.07, 6.45) is 1.72. The van der Waals surface area contributed by atoms with E-state index in [1.54, 1.807) is 24.3 Å². The van der Waals surface area contributed by atoms with Crippen LogP contribution in [-0.2, 0) is 14.3 Å². The van der Waals surface area contributed by atoms with E-state index in [2.05, 4.69) is 5.32 Å². The second-order valence-electron chi connectivity index (χ2n) is 10.6. The molecule has 3 saturated heterocycles. The molecule has 6 rings (SSSR count). The van der Waals surface area contributed by atoms with E-state index in [9.17, 15) is 14.4 Å². The highest BCUT2D eigenvalue weighted by atomic mass is 16.5. The van der Waals surface area contributed by atoms with Gasteiger partial charge in [-0.05, 0) is 29.8 Å². The number of quaternary nitrogens is 1. The maximum Gasteiger partial charge on any atom is 0.337 e. The van der Waals surface area contributed by atoms with Crippen molar-refractivity contribution in [1.82, 2.24) is 0 Å². The monoisotopic (exact) mass is 527 g/mol. The molecule has 39 heavy (non-hydrogen) atoms. The Kier molecular flexibility index (Phi) is 8.07. The van der Waals surface area contributed by atoms with Crippen LogP contribution in [0.1, 0.15) is 45.0 Å². The average molecular weight is 528 g/mol. The van der Waals surface area contributed by atoms with Crippen LogP contribution in [0.2, 0.25) is 0 Å². The lowest BCUT2D eigenvalue weighted by Crippen LogP contribution is -2.65. The third-order valence-corrected chi connectivity index (χ3v) is 8.19. The van der Waals surface area contributed by atoms with Gasteiger partial charge in [-0.15, -0.1) is 0 Å². The van der Waals surface area contributed by atoms with Crippen molar-refractivity contribution < 1.29 is 28.3 Å². The van der Waals surface area contributed by atoms with Crippen LogP contribution in [0.15, 0.2) is 84.9 Å². The molecule has 3 aliphatic heterocycles. The fourth-order valence-corrected chi connectivity index (χ4v) is 5.91. The number of ether oxygens (including phenoxy) is 2. The highest BCUT2D eigenvalue weighted by molar-refractivity contribution is 5.97. The summed E-state index contributed by atoms with van der Waals surface area (Å²) in [6, 6.07) is 26.1. The summed E-state index contributed by atoms with van der Waals surface area (Å²) in [4.78, 5) is 38.4. The first-order valence-electron chi connectivity index (χ1n) is 13.6. The van der Waals surface area contributed by atoms with Gasteiger partial charge in [-0.3, -0.25) is 9.59 Å². The van der Waals surface area contributed by atoms with Crippen molar-refractivity contribution in [2.75, 3.05) is 45.2 Å². The van der Waals surface area contributed by atoms with Gasteiger partial charge in [0.05, 0.1) is 31.7 Å². The second kappa shape index (κ2) is 11.8. The molecule has 3 heterocycles. The molecule has 0 radical (unpaired) electrons. The number of fused-ring (bicyclic) bond motifs is 3. The van der Waals surface area contributed by atoms with Gasteiger partial charge in [-0.25, -0.2) is 4.79 Å². The standard InChI is InChI=1S/C32H34N2O5/c1-38-31(36)26-12-14-27(15-13-26)33-20-28(23-8-4-2-5-9-23)32(37)39-30-22-34(18-16-25(30)17-19-34)21-29(35)24-10-6-3-7-11-24/h2-15,25,28,30H,16-22H2,1H3/p+1/t25?,28?,30-,34?/m0/s1. The molecule has 3 aromatic rings. The zero-order valence-corrected chi connectivity index (χ0v) is 22.3. The first-order chi connectivity index (χ1) is 19.0. The zero-order chi connectivity index (χ0) is 27.2. The minimum absolute atomic E-state index is 0.144. The van der Waals surface area contributed by atoms with E-state index in [-0.39, 0.29) is 17.9 Å². The Balaban J connectivity index is 1.27. The molecular weight excluding hydrogens is 492 g/mol. The highest BCUT2D eigenvalue weighted by Gasteiger charge is 2.49. The summed E-state index contributed by atoms with van der Waals surface area (Å²) in [5.74, 6) is -0.676. The number of Topliss-reactive ketones (excluding diaryl/α,β-unsaturated/α-hetero) is 1. The van der Waals surface area contributed by atoms with Gasteiger partial charge >= 0.3 is 11.9 Å². The third-order valence-electron chi connectivity index (χ3n) is 8.19. The molecule has 202 valence electrons. The number of carbonyl (C=O) groups excluding carboxylic acids is 3. The number of nitrogens with zero attached hydrogens (tertiary/aromatic N) is 1. The van der Waals surface area contributed by atoms with Crippen LogP contribution in [0.5, 0.6) is 0 Å². The molecule has 3 aromatic carbocycles. The number of carbonyl (C=O) groups is 3. The molecule has 7 nitrogen and oxygen atoms in total. The molecule has 0 aliphatic carbocycles. The summed E-state index contributed by atoms with van der Waals surface area (Å²) in [5.41, 5.74) is 2.88. The predicted molar refractivity (Wildman–Crippen MR) is 149 cm³/mol. The maximum absolute atomic E-state index is 13.6. The maximum atomic E-state index is 13.6. The van der Waals surface area contributed by atoms with E-state index >= 15 is 0 Å². The summed E-state index contributed by atoms with van der Waals surface area (Å²) in [6.45, 7) is 3.37. The van der Waals surface area contributed by atoms with Crippen LogP contribution in [-0.4, -0.2) is 68.1 Å². The topological polar surface area (TPSA) is 81.7 Å². The number of hydrogen-bond donors (Lipinski definition) is 1. The molecule has 7 heteroatoms. The van der Waals surface area contributed by atoms with E-state index in [4.69, 9.17) is 9.47 Å². The van der Waals surface area contributed by atoms with Crippen LogP contribution >= 0.6 is 0 Å². The smallest absolute Gasteiger partial charge is 0.337 e. The lowest BCUT2D eigenvalue weighted by molar-refractivity contribution is -0.938. The molecule has 3 fully saturated rings. The molecular formula is C32H35N2O5+. The van der Waals surface area contributed by atoms with Crippen molar-refractivity contribution in [3.05, 3.63) is 102 Å². The van der Waals surface area contributed by atoms with Crippen LogP contribution in [0.3, 0.4) is 0 Å². The zero-order valence-electron chi connectivity index (χ0n) is 22.3. The number of piperidine rings is 3. The molecule has 2 atom stereocenters. The number of benzene rings is 3. The Morgan fingerprint density at radius 2 is 1.51 bits per heavy atom. The van der Waals surface area contributed by atoms with Crippen molar-refractivity contribution in [1.29, 1.82) is 0 Å². The van der Waals surface area contributed by atoms with Crippen LogP contribution < -0.4 is 5.32 Å². The lowest BCUT2D eigenvalue weighted by atomic mass is 9.82. The Morgan fingerprint density at radius 1 is 0.872 bits per heavy atom.